The van der Waals surface area contributed by atoms with E-state index in [9.17, 15) is 0 Å². The van der Waals surface area contributed by atoms with Crippen molar-refractivity contribution >= 4 is 8.97 Å². The molecule has 2 aliphatic rings. The Kier molecular flexibility index (Phi) is 1.55. The maximum Gasteiger partial charge on any atom is 0.598 e. The highest BCUT2D eigenvalue weighted by atomic mass is 28.4. The van der Waals surface area contributed by atoms with E-state index in [0.29, 0.717) is 0 Å². The number of hydrogen-bond donors (Lipinski definition) is 3. The lowest BCUT2D eigenvalue weighted by atomic mass is 10.2. The van der Waals surface area contributed by atoms with Gasteiger partial charge in [-0.05, 0) is 0 Å². The topological polar surface area (TPSA) is 94.2 Å². The van der Waals surface area contributed by atoms with E-state index in [0.717, 1.165) is 0 Å². The van der Waals surface area contributed by atoms with Gasteiger partial charge < -0.3 is 23.5 Å². The molecule has 0 spiro atoms. The second-order valence-electron chi connectivity index (χ2n) is 2.58. The van der Waals surface area contributed by atoms with Crippen LogP contribution in [0.3, 0.4) is 0 Å². The highest BCUT2D eigenvalue weighted by Gasteiger charge is 2.57. The van der Waals surface area contributed by atoms with Gasteiger partial charge in [-0.15, -0.1) is 0 Å². The van der Waals surface area contributed by atoms with E-state index in [1.165, 1.54) is 0 Å². The largest absolute Gasteiger partial charge is 0.598 e. The van der Waals surface area contributed by atoms with E-state index in [2.05, 4.69) is 0 Å². The predicted molar refractivity (Wildman–Crippen MR) is 33.6 cm³/mol. The summed E-state index contributed by atoms with van der Waals surface area (Å²) in [5.74, 6) is 0. The molecular weight excluding hydrogens is 170 g/mol. The lowest BCUT2D eigenvalue weighted by Gasteiger charge is -2.26. The van der Waals surface area contributed by atoms with Crippen LogP contribution in [0.4, 0.5) is 0 Å². The minimum Gasteiger partial charge on any atom is -0.369 e. The summed E-state index contributed by atoms with van der Waals surface area (Å²) in [5.41, 5.74) is 0. The summed E-state index contributed by atoms with van der Waals surface area (Å²) in [4.78, 5) is 0. The van der Waals surface area contributed by atoms with E-state index in [1.807, 2.05) is 0 Å². The predicted octanol–water partition coefficient (Wildman–Crippen LogP) is -2.15. The standard InChI is InChI=1S/C4H9NO5Si/c5-11-8-2(4(7)10-11)1-3(6)9-11/h2-4,6-7H,1,5H2. The minimum atomic E-state index is -3.16. The van der Waals surface area contributed by atoms with Crippen LogP contribution in [0.15, 0.2) is 0 Å². The molecule has 64 valence electrons. The van der Waals surface area contributed by atoms with E-state index < -0.39 is 27.7 Å². The summed E-state index contributed by atoms with van der Waals surface area (Å²) in [7, 11) is -3.16. The first-order valence-electron chi connectivity index (χ1n) is 3.27. The van der Waals surface area contributed by atoms with Gasteiger partial charge in [-0.3, -0.25) is 5.40 Å². The SMILES string of the molecule is N[Si]12OC(O)CC(O1)C(O)O2. The van der Waals surface area contributed by atoms with Gasteiger partial charge in [0.1, 0.15) is 6.10 Å². The van der Waals surface area contributed by atoms with Gasteiger partial charge in [0.15, 0.2) is 12.6 Å². The smallest absolute Gasteiger partial charge is 0.369 e. The fourth-order valence-corrected chi connectivity index (χ4v) is 2.96. The summed E-state index contributed by atoms with van der Waals surface area (Å²) in [6, 6.07) is 0. The lowest BCUT2D eigenvalue weighted by Crippen LogP contribution is -2.56. The Morgan fingerprint density at radius 3 is 2.64 bits per heavy atom. The molecule has 4 unspecified atom stereocenters. The van der Waals surface area contributed by atoms with Crippen LogP contribution < -0.4 is 5.40 Å². The van der Waals surface area contributed by atoms with Gasteiger partial charge in [-0.2, -0.15) is 0 Å². The Hall–Kier alpha value is -0.0231. The van der Waals surface area contributed by atoms with Crippen molar-refractivity contribution in [1.82, 2.24) is 0 Å². The first-order valence-corrected chi connectivity index (χ1v) is 5.08. The quantitative estimate of drug-likeness (QED) is 0.367. The average molecular weight is 179 g/mol. The molecule has 4 atom stereocenters. The molecular formula is C4H9NO5Si. The third kappa shape index (κ3) is 1.20. The molecule has 0 aliphatic carbocycles. The summed E-state index contributed by atoms with van der Waals surface area (Å²) in [6.07, 6.45) is -2.35. The summed E-state index contributed by atoms with van der Waals surface area (Å²) in [5, 5.41) is 23.6. The van der Waals surface area contributed by atoms with Crippen molar-refractivity contribution in [2.75, 3.05) is 0 Å². The average Bonchev–Trinajstić information content (AvgIpc) is 2.01. The van der Waals surface area contributed by atoms with Crippen molar-refractivity contribution in [2.45, 2.75) is 25.1 Å². The normalized spacial score (nSPS) is 56.5. The maximum absolute atomic E-state index is 9.10. The summed E-state index contributed by atoms with van der Waals surface area (Å²) in [6.45, 7) is 0. The first-order chi connectivity index (χ1) is 5.09. The fourth-order valence-electron chi connectivity index (χ4n) is 1.20. The lowest BCUT2D eigenvalue weighted by molar-refractivity contribution is -0.110. The zero-order valence-corrected chi connectivity index (χ0v) is 6.64. The molecule has 6 nitrogen and oxygen atoms in total. The second-order valence-corrected chi connectivity index (χ2v) is 4.49. The molecule has 0 aromatic rings. The van der Waals surface area contributed by atoms with Gasteiger partial charge in [-0.1, -0.05) is 0 Å². The first kappa shape index (κ1) is 7.62. The minimum absolute atomic E-state index is 0.202. The molecule has 2 aliphatic heterocycles. The van der Waals surface area contributed by atoms with Gasteiger partial charge in [0.25, 0.3) is 0 Å². The molecule has 2 fully saturated rings. The van der Waals surface area contributed by atoms with Crippen LogP contribution in [-0.4, -0.2) is 37.9 Å². The van der Waals surface area contributed by atoms with Crippen molar-refractivity contribution in [1.29, 1.82) is 0 Å². The number of aliphatic hydroxyl groups excluding tert-OH is 2. The van der Waals surface area contributed by atoms with Gasteiger partial charge in [-0.25, -0.2) is 0 Å². The number of aliphatic hydroxyl groups is 2. The third-order valence-electron chi connectivity index (χ3n) is 1.65. The molecule has 2 heterocycles. The van der Waals surface area contributed by atoms with Crippen molar-refractivity contribution in [2.24, 2.45) is 5.40 Å². The Labute approximate surface area is 63.9 Å². The van der Waals surface area contributed by atoms with Crippen molar-refractivity contribution in [3.8, 4) is 0 Å². The monoisotopic (exact) mass is 179 g/mol. The number of hydrogen-bond acceptors (Lipinski definition) is 6. The Balaban J connectivity index is 2.16. The molecule has 0 radical (unpaired) electrons. The highest BCUT2D eigenvalue weighted by molar-refractivity contribution is 6.57. The zero-order chi connectivity index (χ0) is 8.06. The molecule has 2 bridgehead atoms. The van der Waals surface area contributed by atoms with Gasteiger partial charge in [0, 0.05) is 6.42 Å². The van der Waals surface area contributed by atoms with E-state index in [-0.39, 0.29) is 6.42 Å². The molecule has 2 saturated heterocycles. The molecule has 7 heteroatoms. The summed E-state index contributed by atoms with van der Waals surface area (Å²) < 4.78 is 14.6. The van der Waals surface area contributed by atoms with Crippen molar-refractivity contribution in [3.63, 3.8) is 0 Å². The molecule has 0 amide bonds. The Bertz CT molecular complexity index is 170. The van der Waals surface area contributed by atoms with Crippen molar-refractivity contribution in [3.05, 3.63) is 0 Å². The van der Waals surface area contributed by atoms with Gasteiger partial charge >= 0.3 is 8.97 Å². The molecule has 0 aromatic carbocycles. The molecule has 0 saturated carbocycles. The number of rotatable bonds is 0. The highest BCUT2D eigenvalue weighted by Crippen LogP contribution is 2.30. The zero-order valence-electron chi connectivity index (χ0n) is 5.64. The van der Waals surface area contributed by atoms with Crippen LogP contribution >= 0.6 is 0 Å². The number of nitrogens with two attached hydrogens (primary N) is 1. The van der Waals surface area contributed by atoms with Crippen LogP contribution in [0, 0.1) is 0 Å². The number of fused-ring (bicyclic) bond motifs is 2. The van der Waals surface area contributed by atoms with Crippen LogP contribution in [0.5, 0.6) is 0 Å². The maximum atomic E-state index is 9.10. The van der Waals surface area contributed by atoms with E-state index in [1.54, 1.807) is 0 Å². The summed E-state index contributed by atoms with van der Waals surface area (Å²) >= 11 is 0. The van der Waals surface area contributed by atoms with Crippen LogP contribution in [0.25, 0.3) is 0 Å². The third-order valence-corrected chi connectivity index (χ3v) is 3.45. The second kappa shape index (κ2) is 2.23. The molecule has 11 heavy (non-hydrogen) atoms. The van der Waals surface area contributed by atoms with E-state index >= 15 is 0 Å². The fraction of sp³-hybridized carbons (Fsp3) is 1.00. The molecule has 2 rings (SSSR count). The van der Waals surface area contributed by atoms with Gasteiger partial charge in [0.05, 0.1) is 0 Å². The Morgan fingerprint density at radius 1 is 1.27 bits per heavy atom. The van der Waals surface area contributed by atoms with Crippen LogP contribution in [-0.2, 0) is 13.3 Å². The van der Waals surface area contributed by atoms with E-state index in [4.69, 9.17) is 28.9 Å². The molecule has 0 aromatic heterocycles. The van der Waals surface area contributed by atoms with Gasteiger partial charge in [0.2, 0.25) is 0 Å². The van der Waals surface area contributed by atoms with Crippen LogP contribution in [0.2, 0.25) is 0 Å². The molecule has 4 N–H and O–H groups in total. The van der Waals surface area contributed by atoms with Crippen molar-refractivity contribution < 1.29 is 23.5 Å². The van der Waals surface area contributed by atoms with Crippen LogP contribution in [0.1, 0.15) is 6.42 Å². The Morgan fingerprint density at radius 2 is 2.00 bits per heavy atom.